The lowest BCUT2D eigenvalue weighted by Gasteiger charge is -2.34. The molecule has 1 aliphatic heterocycles. The quantitative estimate of drug-likeness (QED) is 0.397. The Morgan fingerprint density at radius 2 is 1.73 bits per heavy atom. The first kappa shape index (κ1) is 32.5. The second kappa shape index (κ2) is 10.7. The highest BCUT2D eigenvalue weighted by molar-refractivity contribution is 7.17. The van der Waals surface area contributed by atoms with Crippen LogP contribution in [0, 0.1) is 0 Å². The van der Waals surface area contributed by atoms with Crippen molar-refractivity contribution in [3.63, 3.8) is 0 Å². The number of ether oxygens (including phenoxy) is 1. The first-order valence-electron chi connectivity index (χ1n) is 12.0. The summed E-state index contributed by atoms with van der Waals surface area (Å²) in [5.41, 5.74) is -7.53. The fraction of sp³-hybridized carbons (Fsp3) is 0.560. The average molecular weight is 618 g/mol. The number of nitrogens with zero attached hydrogens (tertiary/aromatic N) is 2. The molecule has 41 heavy (non-hydrogen) atoms. The van der Waals surface area contributed by atoms with Crippen molar-refractivity contribution in [2.75, 3.05) is 20.2 Å². The van der Waals surface area contributed by atoms with Gasteiger partial charge in [-0.15, -0.1) is 11.3 Å². The number of rotatable bonds is 7. The molecule has 0 aliphatic carbocycles. The van der Waals surface area contributed by atoms with Gasteiger partial charge in [0.25, 0.3) is 17.7 Å². The maximum atomic E-state index is 14.1. The first-order chi connectivity index (χ1) is 18.5. The summed E-state index contributed by atoms with van der Waals surface area (Å²) in [6.07, 6.45) is -12.1. The van der Waals surface area contributed by atoms with E-state index in [0.717, 1.165) is 18.1 Å². The predicted octanol–water partition coefficient (Wildman–Crippen LogP) is 5.57. The number of likely N-dealkylation sites (tertiary alicyclic amines) is 1. The van der Waals surface area contributed by atoms with Gasteiger partial charge in [0.15, 0.2) is 10.4 Å². The van der Waals surface area contributed by atoms with E-state index in [0.29, 0.717) is 23.5 Å². The largest absolute Gasteiger partial charge is 0.496 e. The van der Waals surface area contributed by atoms with E-state index in [2.05, 4.69) is 10.3 Å². The summed E-state index contributed by atoms with van der Waals surface area (Å²) >= 11 is 0.549. The molecule has 0 radical (unpaired) electrons. The van der Waals surface area contributed by atoms with Crippen molar-refractivity contribution < 1.29 is 54.6 Å². The van der Waals surface area contributed by atoms with Crippen LogP contribution in [0.2, 0.25) is 0 Å². The van der Waals surface area contributed by atoms with Crippen LogP contribution in [0.3, 0.4) is 0 Å². The average Bonchev–Trinajstić information content (AvgIpc) is 3.39. The van der Waals surface area contributed by atoms with Crippen LogP contribution in [0.25, 0.3) is 10.4 Å². The number of aliphatic hydroxyl groups is 1. The second-order valence-corrected chi connectivity index (χ2v) is 11.6. The van der Waals surface area contributed by atoms with Crippen LogP contribution in [0.5, 0.6) is 5.75 Å². The number of thiazole rings is 1. The van der Waals surface area contributed by atoms with Gasteiger partial charge < -0.3 is 20.1 Å². The normalized spacial score (nSPS) is 18.0. The number of benzene rings is 1. The van der Waals surface area contributed by atoms with Crippen molar-refractivity contribution in [3.8, 4) is 16.2 Å². The second-order valence-electron chi connectivity index (χ2n) is 10.6. The van der Waals surface area contributed by atoms with Gasteiger partial charge in [-0.3, -0.25) is 9.59 Å². The van der Waals surface area contributed by atoms with Crippen molar-refractivity contribution in [2.45, 2.75) is 69.4 Å². The number of halogens is 8. The number of amides is 2. The van der Waals surface area contributed by atoms with E-state index in [1.54, 1.807) is 0 Å². The van der Waals surface area contributed by atoms with Crippen LogP contribution in [0.4, 0.5) is 35.1 Å². The van der Waals surface area contributed by atoms with E-state index in [-0.39, 0.29) is 28.9 Å². The summed E-state index contributed by atoms with van der Waals surface area (Å²) in [7, 11) is 0.976. The molecule has 2 amide bonds. The van der Waals surface area contributed by atoms with Gasteiger partial charge in [0, 0.05) is 24.6 Å². The zero-order chi connectivity index (χ0) is 31.3. The third-order valence-electron chi connectivity index (χ3n) is 6.65. The number of hydrogen-bond donors (Lipinski definition) is 2. The van der Waals surface area contributed by atoms with Crippen LogP contribution in [0.15, 0.2) is 18.2 Å². The van der Waals surface area contributed by atoms with Crippen LogP contribution < -0.4 is 10.1 Å². The highest BCUT2D eigenvalue weighted by atomic mass is 32.1. The molecule has 0 bridgehead atoms. The zero-order valence-electron chi connectivity index (χ0n) is 22.4. The Bertz CT molecular complexity index is 1300. The summed E-state index contributed by atoms with van der Waals surface area (Å²) in [6.45, 7) is 2.93. The summed E-state index contributed by atoms with van der Waals surface area (Å²) in [4.78, 5) is 30.8. The van der Waals surface area contributed by atoms with Crippen molar-refractivity contribution >= 4 is 23.2 Å². The molecule has 1 aliphatic rings. The molecule has 1 atom stereocenters. The van der Waals surface area contributed by atoms with Gasteiger partial charge in [-0.05, 0) is 45.4 Å². The van der Waals surface area contributed by atoms with Gasteiger partial charge >= 0.3 is 12.4 Å². The molecule has 1 fully saturated rings. The number of methoxy groups -OCH3 is 1. The maximum Gasteiger partial charge on any atom is 0.406 e. The molecule has 16 heteroatoms. The number of alkyl halides is 8. The molecular weight excluding hydrogens is 590 g/mol. The van der Waals surface area contributed by atoms with E-state index in [1.807, 2.05) is 0 Å². The number of aromatic nitrogens is 1. The molecule has 0 spiro atoms. The minimum atomic E-state index is -5.74. The molecule has 7 nitrogen and oxygen atoms in total. The topological polar surface area (TPSA) is 91.8 Å². The van der Waals surface area contributed by atoms with Crippen molar-refractivity contribution in [2.24, 2.45) is 0 Å². The minimum absolute atomic E-state index is 0.0247. The molecule has 2 heterocycles. The monoisotopic (exact) mass is 617 g/mol. The van der Waals surface area contributed by atoms with E-state index < -0.39 is 77.1 Å². The van der Waals surface area contributed by atoms with Gasteiger partial charge in [-0.25, -0.2) is 13.8 Å². The summed E-state index contributed by atoms with van der Waals surface area (Å²) in [6, 6.07) is 0.996. The molecule has 2 N–H and O–H groups in total. The molecular formula is C25H27F8N3O4S. The fourth-order valence-corrected chi connectivity index (χ4v) is 5.22. The minimum Gasteiger partial charge on any atom is -0.496 e. The van der Waals surface area contributed by atoms with Gasteiger partial charge in [0.05, 0.1) is 24.1 Å². The molecule has 2 aromatic rings. The zero-order valence-corrected chi connectivity index (χ0v) is 23.2. The Kier molecular flexibility index (Phi) is 8.46. The van der Waals surface area contributed by atoms with E-state index in [4.69, 9.17) is 4.74 Å². The van der Waals surface area contributed by atoms with Crippen molar-refractivity contribution in [1.29, 1.82) is 0 Å². The van der Waals surface area contributed by atoms with Gasteiger partial charge in [0.2, 0.25) is 0 Å². The predicted molar refractivity (Wildman–Crippen MR) is 132 cm³/mol. The fourth-order valence-electron chi connectivity index (χ4n) is 4.21. The Balaban J connectivity index is 2.19. The number of nitrogens with one attached hydrogen (secondary N) is 1. The first-order valence-corrected chi connectivity index (χ1v) is 12.9. The van der Waals surface area contributed by atoms with Gasteiger partial charge in [-0.1, -0.05) is 6.07 Å². The summed E-state index contributed by atoms with van der Waals surface area (Å²) in [5, 5.41) is 11.9. The Morgan fingerprint density at radius 1 is 1.15 bits per heavy atom. The Morgan fingerprint density at radius 3 is 2.20 bits per heavy atom. The third-order valence-corrected chi connectivity index (χ3v) is 7.74. The van der Waals surface area contributed by atoms with E-state index >= 15 is 0 Å². The molecule has 1 aromatic heterocycles. The molecule has 0 saturated carbocycles. The van der Waals surface area contributed by atoms with E-state index in [1.165, 1.54) is 20.8 Å². The molecule has 3 rings (SSSR count). The van der Waals surface area contributed by atoms with Crippen LogP contribution >= 0.6 is 11.3 Å². The van der Waals surface area contributed by atoms with Crippen molar-refractivity contribution in [3.05, 3.63) is 34.5 Å². The maximum absolute atomic E-state index is 14.1. The Labute approximate surface area is 233 Å². The highest BCUT2D eigenvalue weighted by Crippen LogP contribution is 2.53. The van der Waals surface area contributed by atoms with Crippen LogP contribution in [-0.2, 0) is 5.41 Å². The lowest BCUT2D eigenvalue weighted by Crippen LogP contribution is -2.51. The van der Waals surface area contributed by atoms with Crippen LogP contribution in [-0.4, -0.2) is 76.9 Å². The molecule has 1 saturated heterocycles. The number of carbonyl (C=O) groups excluding carboxylic acids is 2. The smallest absolute Gasteiger partial charge is 0.406 e. The standard InChI is InChI=1S/C25H27F8N3O4S/c1-12-9-23(26,27)11-36(12)20(38)16-17(41-19(35-16)18(37)34-10-21(2,3)39)14-7-6-13(8-15(14)40-5)22(4,24(28,29)30)25(31,32)33/h6-8,12,39H,9-11H2,1-5H3,(H,34,37)/t12-/m0/s1. The van der Waals surface area contributed by atoms with Crippen LogP contribution in [0.1, 0.15) is 60.0 Å². The Hall–Kier alpha value is -3.01. The van der Waals surface area contributed by atoms with Gasteiger partial charge in [-0.2, -0.15) is 26.3 Å². The van der Waals surface area contributed by atoms with E-state index in [9.17, 15) is 49.8 Å². The summed E-state index contributed by atoms with van der Waals surface area (Å²) < 4.78 is 115. The molecule has 228 valence electrons. The lowest BCUT2D eigenvalue weighted by molar-refractivity contribution is -0.297. The van der Waals surface area contributed by atoms with Crippen molar-refractivity contribution in [1.82, 2.24) is 15.2 Å². The number of hydrogen-bond acceptors (Lipinski definition) is 6. The van der Waals surface area contributed by atoms with Gasteiger partial charge in [0.1, 0.15) is 11.4 Å². The lowest BCUT2D eigenvalue weighted by atomic mass is 9.80. The number of carbonyl (C=O) groups is 2. The summed E-state index contributed by atoms with van der Waals surface area (Å²) in [5.74, 6) is -5.61. The molecule has 0 unspecified atom stereocenters. The molecule has 1 aromatic carbocycles. The SMILES string of the molecule is COc1cc(C(C)(C(F)(F)F)C(F)(F)F)ccc1-c1sc(C(=O)NCC(C)(C)O)nc1C(=O)N1CC(F)(F)C[C@@H]1C. The highest BCUT2D eigenvalue weighted by Gasteiger charge is 2.68. The third kappa shape index (κ3) is 6.42.